The smallest absolute Gasteiger partial charge is 0.256 e. The first-order valence-electron chi connectivity index (χ1n) is 10.2. The molecular formula is C23H22FN5O3S. The van der Waals surface area contributed by atoms with E-state index in [0.717, 1.165) is 5.56 Å². The molecule has 2 heterocycles. The summed E-state index contributed by atoms with van der Waals surface area (Å²) in [5.74, 6) is -0.949. The van der Waals surface area contributed by atoms with Gasteiger partial charge in [0.1, 0.15) is 17.1 Å². The van der Waals surface area contributed by atoms with E-state index in [-0.39, 0.29) is 30.1 Å². The second-order valence-electron chi connectivity index (χ2n) is 7.22. The minimum Gasteiger partial charge on any atom is -0.351 e. The Hall–Kier alpha value is -3.76. The number of para-hydroxylation sites is 1. The summed E-state index contributed by atoms with van der Waals surface area (Å²) in [6.07, 6.45) is 4.76. The molecule has 0 radical (unpaired) electrons. The lowest BCUT2D eigenvalue weighted by molar-refractivity contribution is 0.0956. The molecule has 0 spiro atoms. The van der Waals surface area contributed by atoms with Gasteiger partial charge in [-0.05, 0) is 29.8 Å². The molecule has 4 rings (SSSR count). The molecular weight excluding hydrogens is 445 g/mol. The largest absolute Gasteiger partial charge is 0.351 e. The number of sulfonamides is 1. The summed E-state index contributed by atoms with van der Waals surface area (Å²) >= 11 is 0. The van der Waals surface area contributed by atoms with E-state index in [2.05, 4.69) is 15.1 Å². The third-order valence-electron chi connectivity index (χ3n) is 4.91. The Morgan fingerprint density at radius 2 is 1.67 bits per heavy atom. The minimum atomic E-state index is -3.59. The molecule has 2 aromatic heterocycles. The quantitative estimate of drug-likeness (QED) is 0.395. The van der Waals surface area contributed by atoms with Gasteiger partial charge in [0.2, 0.25) is 10.0 Å². The Balaban J connectivity index is 1.47. The second kappa shape index (κ2) is 9.80. The van der Waals surface area contributed by atoms with Crippen molar-refractivity contribution in [2.24, 2.45) is 0 Å². The van der Waals surface area contributed by atoms with E-state index < -0.39 is 21.7 Å². The number of aromatic nitrogens is 3. The van der Waals surface area contributed by atoms with E-state index >= 15 is 0 Å². The van der Waals surface area contributed by atoms with Crippen molar-refractivity contribution in [3.63, 3.8) is 0 Å². The minimum absolute atomic E-state index is 0.0983. The third kappa shape index (κ3) is 5.36. The van der Waals surface area contributed by atoms with Crippen LogP contribution in [0.15, 0.2) is 85.3 Å². The molecule has 1 amide bonds. The summed E-state index contributed by atoms with van der Waals surface area (Å²) in [6.45, 7) is 0.0727. The van der Waals surface area contributed by atoms with Crippen LogP contribution in [0.2, 0.25) is 0 Å². The van der Waals surface area contributed by atoms with Gasteiger partial charge >= 0.3 is 0 Å². The van der Waals surface area contributed by atoms with Crippen molar-refractivity contribution < 1.29 is 17.6 Å². The Labute approximate surface area is 190 Å². The number of nitrogens with one attached hydrogen (secondary N) is 2. The van der Waals surface area contributed by atoms with E-state index in [4.69, 9.17) is 0 Å². The lowest BCUT2D eigenvalue weighted by atomic mass is 10.2. The number of carbonyl (C=O) groups is 1. The van der Waals surface area contributed by atoms with Crippen molar-refractivity contribution in [2.75, 3.05) is 12.3 Å². The normalized spacial score (nSPS) is 11.4. The molecule has 0 bridgehead atoms. The molecule has 0 unspecified atom stereocenters. The number of rotatable bonds is 9. The Kier molecular flexibility index (Phi) is 6.66. The van der Waals surface area contributed by atoms with Gasteiger partial charge in [-0.3, -0.25) is 4.79 Å². The SMILES string of the molecule is O=C(NCCS(=O)(=O)NCc1ccccc1)c1cnn(-c2ccccc2F)c1-n1cccc1. The summed E-state index contributed by atoms with van der Waals surface area (Å²) in [5.41, 5.74) is 1.21. The molecule has 2 N–H and O–H groups in total. The summed E-state index contributed by atoms with van der Waals surface area (Å²) in [7, 11) is -3.59. The Morgan fingerprint density at radius 3 is 2.39 bits per heavy atom. The summed E-state index contributed by atoms with van der Waals surface area (Å²) in [5, 5.41) is 6.83. The molecule has 0 aliphatic rings. The molecule has 0 atom stereocenters. The molecule has 0 fully saturated rings. The molecule has 170 valence electrons. The summed E-state index contributed by atoms with van der Waals surface area (Å²) in [6, 6.07) is 18.8. The fraction of sp³-hybridized carbons (Fsp3) is 0.130. The lowest BCUT2D eigenvalue weighted by Gasteiger charge is -2.12. The van der Waals surface area contributed by atoms with Crippen LogP contribution in [0.4, 0.5) is 4.39 Å². The van der Waals surface area contributed by atoms with Crippen LogP contribution < -0.4 is 10.0 Å². The van der Waals surface area contributed by atoms with Crippen molar-refractivity contribution in [3.05, 3.63) is 102 Å². The molecule has 0 aliphatic heterocycles. The predicted octanol–water partition coefficient (Wildman–Crippen LogP) is 2.65. The highest BCUT2D eigenvalue weighted by Gasteiger charge is 2.21. The molecule has 4 aromatic rings. The lowest BCUT2D eigenvalue weighted by Crippen LogP contribution is -2.34. The van der Waals surface area contributed by atoms with E-state index in [1.165, 1.54) is 16.9 Å². The summed E-state index contributed by atoms with van der Waals surface area (Å²) < 4.78 is 44.4. The van der Waals surface area contributed by atoms with Crippen molar-refractivity contribution in [1.29, 1.82) is 0 Å². The zero-order valence-electron chi connectivity index (χ0n) is 17.6. The highest BCUT2D eigenvalue weighted by atomic mass is 32.2. The molecule has 0 saturated heterocycles. The third-order valence-corrected chi connectivity index (χ3v) is 6.24. The monoisotopic (exact) mass is 467 g/mol. The Bertz CT molecular complexity index is 1340. The standard InChI is InChI=1S/C23H22FN5O3S/c24-20-10-4-5-11-21(20)29-23(28-13-6-7-14-28)19(17-26-29)22(30)25-12-15-33(31,32)27-16-18-8-2-1-3-9-18/h1-11,13-14,17,27H,12,15-16H2,(H,25,30). The average Bonchev–Trinajstić information content (AvgIpc) is 3.48. The van der Waals surface area contributed by atoms with Crippen LogP contribution in [0, 0.1) is 5.82 Å². The van der Waals surface area contributed by atoms with Crippen molar-refractivity contribution in [1.82, 2.24) is 24.4 Å². The molecule has 8 nitrogen and oxygen atoms in total. The van der Waals surface area contributed by atoms with Gasteiger partial charge in [0, 0.05) is 25.5 Å². The number of carbonyl (C=O) groups excluding carboxylic acids is 1. The first-order valence-corrected chi connectivity index (χ1v) is 11.9. The van der Waals surface area contributed by atoms with Crippen LogP contribution >= 0.6 is 0 Å². The zero-order valence-corrected chi connectivity index (χ0v) is 18.4. The number of halogens is 1. The first kappa shape index (κ1) is 22.4. The van der Waals surface area contributed by atoms with E-state index in [9.17, 15) is 17.6 Å². The number of hydrogen-bond donors (Lipinski definition) is 2. The second-order valence-corrected chi connectivity index (χ2v) is 9.14. The van der Waals surface area contributed by atoms with Gasteiger partial charge in [0.15, 0.2) is 5.82 Å². The Morgan fingerprint density at radius 1 is 0.970 bits per heavy atom. The van der Waals surface area contributed by atoms with E-state index in [1.54, 1.807) is 47.3 Å². The van der Waals surface area contributed by atoms with Crippen LogP contribution in [-0.4, -0.2) is 41.0 Å². The van der Waals surface area contributed by atoms with Gasteiger partial charge < -0.3 is 9.88 Å². The van der Waals surface area contributed by atoms with Gasteiger partial charge in [-0.15, -0.1) is 0 Å². The zero-order chi connectivity index (χ0) is 23.3. The van der Waals surface area contributed by atoms with E-state index in [0.29, 0.717) is 5.82 Å². The van der Waals surface area contributed by atoms with Gasteiger partial charge in [-0.1, -0.05) is 42.5 Å². The van der Waals surface area contributed by atoms with Gasteiger partial charge in [-0.2, -0.15) is 5.10 Å². The fourth-order valence-corrected chi connectivity index (χ4v) is 4.18. The first-order chi connectivity index (χ1) is 15.9. The molecule has 33 heavy (non-hydrogen) atoms. The predicted molar refractivity (Wildman–Crippen MR) is 122 cm³/mol. The number of nitrogens with zero attached hydrogens (tertiary/aromatic N) is 3. The van der Waals surface area contributed by atoms with E-state index in [1.807, 2.05) is 30.3 Å². The van der Waals surface area contributed by atoms with Crippen LogP contribution in [-0.2, 0) is 16.6 Å². The van der Waals surface area contributed by atoms with Crippen molar-refractivity contribution in [3.8, 4) is 11.5 Å². The van der Waals surface area contributed by atoms with Crippen molar-refractivity contribution in [2.45, 2.75) is 6.54 Å². The van der Waals surface area contributed by atoms with Gasteiger partial charge in [0.25, 0.3) is 5.91 Å². The molecule has 2 aromatic carbocycles. The topological polar surface area (TPSA) is 98.0 Å². The average molecular weight is 468 g/mol. The summed E-state index contributed by atoms with van der Waals surface area (Å²) in [4.78, 5) is 12.9. The van der Waals surface area contributed by atoms with Crippen LogP contribution in [0.1, 0.15) is 15.9 Å². The van der Waals surface area contributed by atoms with Crippen LogP contribution in [0.25, 0.3) is 11.5 Å². The molecule has 10 heteroatoms. The number of benzene rings is 2. The van der Waals surface area contributed by atoms with Gasteiger partial charge in [0.05, 0.1) is 11.9 Å². The maximum Gasteiger partial charge on any atom is 0.256 e. The highest BCUT2D eigenvalue weighted by Crippen LogP contribution is 2.21. The maximum atomic E-state index is 14.4. The number of hydrogen-bond acceptors (Lipinski definition) is 4. The fourth-order valence-electron chi connectivity index (χ4n) is 3.28. The molecule has 0 aliphatic carbocycles. The van der Waals surface area contributed by atoms with Crippen LogP contribution in [0.3, 0.4) is 0 Å². The number of amides is 1. The molecule has 0 saturated carbocycles. The maximum absolute atomic E-state index is 14.4. The highest BCUT2D eigenvalue weighted by molar-refractivity contribution is 7.89. The van der Waals surface area contributed by atoms with Gasteiger partial charge in [-0.25, -0.2) is 22.2 Å². The van der Waals surface area contributed by atoms with Crippen LogP contribution in [0.5, 0.6) is 0 Å². The van der Waals surface area contributed by atoms with Crippen molar-refractivity contribution >= 4 is 15.9 Å².